The van der Waals surface area contributed by atoms with Crippen molar-refractivity contribution in [1.29, 1.82) is 0 Å². The molecule has 0 aliphatic rings. The van der Waals surface area contributed by atoms with E-state index in [1.54, 1.807) is 0 Å². The molecule has 0 aromatic carbocycles. The average molecular weight is 381 g/mol. The summed E-state index contributed by atoms with van der Waals surface area (Å²) in [5.74, 6) is -2.21. The van der Waals surface area contributed by atoms with Crippen molar-refractivity contribution >= 4 is 40.2 Å². The van der Waals surface area contributed by atoms with Crippen LogP contribution in [0.25, 0.3) is 0 Å². The number of carboxylic acids is 1. The van der Waals surface area contributed by atoms with Gasteiger partial charge in [-0.15, -0.1) is 24.8 Å². The second-order valence-corrected chi connectivity index (χ2v) is 4.06. The second-order valence-electron chi connectivity index (χ2n) is 2.77. The largest absolute Gasteiger partial charge is 0.573 e. The lowest BCUT2D eigenvalue weighted by Gasteiger charge is -2.12. The number of alkyl halides is 4. The van der Waals surface area contributed by atoms with Crippen molar-refractivity contribution in [3.05, 3.63) is 21.0 Å². The Morgan fingerprint density at radius 1 is 1.59 bits per heavy atom. The molecule has 0 saturated carbocycles. The quantitative estimate of drug-likeness (QED) is 0.497. The lowest BCUT2D eigenvalue weighted by atomic mass is 10.2. The molecule has 1 aromatic rings. The number of hydrogen-bond donors (Lipinski definition) is 1. The van der Waals surface area contributed by atoms with Crippen LogP contribution in [0.3, 0.4) is 0 Å². The summed E-state index contributed by atoms with van der Waals surface area (Å²) in [6.45, 7) is 0. The average Bonchev–Trinajstić information content (AvgIpc) is 2.18. The first-order chi connectivity index (χ1) is 7.74. The van der Waals surface area contributed by atoms with E-state index in [9.17, 15) is 18.0 Å². The first-order valence-electron chi connectivity index (χ1n) is 3.99. The number of rotatable bonds is 3. The molecule has 0 aliphatic carbocycles. The summed E-state index contributed by atoms with van der Waals surface area (Å²) in [5, 5.41) is 8.76. The fraction of sp³-hybridized carbons (Fsp3) is 0.250. The fourth-order valence-electron chi connectivity index (χ4n) is 0.995. The summed E-state index contributed by atoms with van der Waals surface area (Å²) in [6.07, 6.45) is -4.87. The van der Waals surface area contributed by atoms with Gasteiger partial charge in [-0.05, 0) is 28.7 Å². The van der Waals surface area contributed by atoms with Crippen LogP contribution in [0.15, 0.2) is 6.07 Å². The number of carbonyl (C=O) groups is 1. The van der Waals surface area contributed by atoms with Gasteiger partial charge in [-0.25, -0.2) is 9.78 Å². The third kappa shape index (κ3) is 3.87. The molecule has 1 N–H and O–H groups in total. The zero-order chi connectivity index (χ0) is 13.2. The minimum atomic E-state index is -4.87. The minimum Gasteiger partial charge on any atom is -0.477 e. The predicted molar refractivity (Wildman–Crippen MR) is 60.2 cm³/mol. The molecule has 4 nitrogen and oxygen atoms in total. The maximum Gasteiger partial charge on any atom is 0.573 e. The molecule has 1 aromatic heterocycles. The zero-order valence-corrected chi connectivity index (χ0v) is 10.8. The normalized spacial score (nSPS) is 11.4. The lowest BCUT2D eigenvalue weighted by Crippen LogP contribution is -2.19. The number of halogens is 5. The molecule has 94 valence electrons. The standard InChI is InChI=1S/C8H4ClF3INO3/c9-2-3-1-4(17-8(10,11)12)6(13)14-5(3)7(15)16/h1H,2H2,(H,15,16). The van der Waals surface area contributed by atoms with Gasteiger partial charge in [-0.3, -0.25) is 0 Å². The van der Waals surface area contributed by atoms with Gasteiger partial charge >= 0.3 is 12.3 Å². The highest BCUT2D eigenvalue weighted by molar-refractivity contribution is 14.1. The Kier molecular flexibility index (Phi) is 4.42. The van der Waals surface area contributed by atoms with Crippen LogP contribution in [0.5, 0.6) is 5.75 Å². The van der Waals surface area contributed by atoms with Gasteiger partial charge in [0.05, 0.1) is 0 Å². The van der Waals surface area contributed by atoms with Gasteiger partial charge in [0.15, 0.2) is 11.4 Å². The number of ether oxygens (including phenoxy) is 1. The molecular formula is C8H4ClF3INO3. The smallest absolute Gasteiger partial charge is 0.477 e. The molecule has 0 unspecified atom stereocenters. The molecule has 0 spiro atoms. The zero-order valence-electron chi connectivity index (χ0n) is 7.89. The van der Waals surface area contributed by atoms with Crippen molar-refractivity contribution < 1.29 is 27.8 Å². The molecule has 9 heteroatoms. The Balaban J connectivity index is 3.23. The molecule has 0 bridgehead atoms. The van der Waals surface area contributed by atoms with E-state index in [1.807, 2.05) is 0 Å². The van der Waals surface area contributed by atoms with Gasteiger partial charge in [-0.2, -0.15) is 0 Å². The number of carboxylic acid groups (broad SMARTS) is 1. The Morgan fingerprint density at radius 2 is 2.18 bits per heavy atom. The maximum atomic E-state index is 12.0. The van der Waals surface area contributed by atoms with E-state index in [1.165, 1.54) is 22.6 Å². The number of pyridine rings is 1. The molecular weight excluding hydrogens is 377 g/mol. The third-order valence-electron chi connectivity index (χ3n) is 1.60. The maximum absolute atomic E-state index is 12.0. The summed E-state index contributed by atoms with van der Waals surface area (Å²) in [7, 11) is 0. The van der Waals surface area contributed by atoms with Crippen molar-refractivity contribution in [3.8, 4) is 5.75 Å². The Bertz CT molecular complexity index is 452. The number of hydrogen-bond acceptors (Lipinski definition) is 3. The van der Waals surface area contributed by atoms with Gasteiger partial charge in [0.1, 0.15) is 3.70 Å². The Morgan fingerprint density at radius 3 is 2.59 bits per heavy atom. The monoisotopic (exact) mass is 381 g/mol. The Labute approximate surface area is 112 Å². The van der Waals surface area contributed by atoms with E-state index in [-0.39, 0.29) is 20.8 Å². The Hall–Kier alpha value is -0.770. The molecule has 0 aliphatic heterocycles. The molecule has 0 radical (unpaired) electrons. The molecule has 0 amide bonds. The second kappa shape index (κ2) is 5.25. The number of nitrogens with zero attached hydrogens (tertiary/aromatic N) is 1. The van der Waals surface area contributed by atoms with Crippen LogP contribution >= 0.6 is 34.2 Å². The van der Waals surface area contributed by atoms with E-state index in [4.69, 9.17) is 16.7 Å². The van der Waals surface area contributed by atoms with Crippen molar-refractivity contribution in [2.24, 2.45) is 0 Å². The van der Waals surface area contributed by atoms with E-state index in [2.05, 4.69) is 9.72 Å². The topological polar surface area (TPSA) is 59.4 Å². The first-order valence-corrected chi connectivity index (χ1v) is 5.60. The van der Waals surface area contributed by atoms with Gasteiger partial charge in [-0.1, -0.05) is 0 Å². The summed E-state index contributed by atoms with van der Waals surface area (Å²) in [5.41, 5.74) is -0.433. The van der Waals surface area contributed by atoms with E-state index in [0.717, 1.165) is 6.07 Å². The van der Waals surface area contributed by atoms with Crippen LogP contribution in [0, 0.1) is 3.70 Å². The van der Waals surface area contributed by atoms with Gasteiger partial charge in [0.2, 0.25) is 0 Å². The highest BCUT2D eigenvalue weighted by Crippen LogP contribution is 2.29. The molecule has 0 fully saturated rings. The van der Waals surface area contributed by atoms with Gasteiger partial charge in [0.25, 0.3) is 0 Å². The summed E-state index contributed by atoms with van der Waals surface area (Å²) >= 11 is 6.88. The molecule has 0 atom stereocenters. The molecule has 1 heterocycles. The highest BCUT2D eigenvalue weighted by atomic mass is 127. The molecule has 0 saturated heterocycles. The molecule has 1 rings (SSSR count). The van der Waals surface area contributed by atoms with Crippen molar-refractivity contribution in [3.63, 3.8) is 0 Å². The SMILES string of the molecule is O=C(O)c1nc(I)c(OC(F)(F)F)cc1CCl. The van der Waals surface area contributed by atoms with Crippen molar-refractivity contribution in [1.82, 2.24) is 4.98 Å². The van der Waals surface area contributed by atoms with Crippen molar-refractivity contribution in [2.75, 3.05) is 0 Å². The van der Waals surface area contributed by atoms with Crippen LogP contribution in [0.4, 0.5) is 13.2 Å². The number of aromatic nitrogens is 1. The van der Waals surface area contributed by atoms with E-state index in [0.29, 0.717) is 0 Å². The van der Waals surface area contributed by atoms with Crippen LogP contribution in [0.1, 0.15) is 16.1 Å². The van der Waals surface area contributed by atoms with Crippen molar-refractivity contribution in [2.45, 2.75) is 12.2 Å². The van der Waals surface area contributed by atoms with Gasteiger partial charge < -0.3 is 9.84 Å². The van der Waals surface area contributed by atoms with Crippen LogP contribution < -0.4 is 4.74 Å². The number of aromatic carboxylic acids is 1. The van der Waals surface area contributed by atoms with Crippen LogP contribution in [-0.2, 0) is 5.88 Å². The summed E-state index contributed by atoms with van der Waals surface area (Å²) < 4.78 is 39.5. The first kappa shape index (κ1) is 14.3. The lowest BCUT2D eigenvalue weighted by molar-refractivity contribution is -0.275. The minimum absolute atomic E-state index is 0.0427. The highest BCUT2D eigenvalue weighted by Gasteiger charge is 2.33. The predicted octanol–water partition coefficient (Wildman–Crippen LogP) is 3.02. The van der Waals surface area contributed by atoms with E-state index >= 15 is 0 Å². The van der Waals surface area contributed by atoms with Gasteiger partial charge in [0, 0.05) is 11.4 Å². The molecule has 17 heavy (non-hydrogen) atoms. The summed E-state index contributed by atoms with van der Waals surface area (Å²) in [4.78, 5) is 14.2. The van der Waals surface area contributed by atoms with Crippen LogP contribution in [0.2, 0.25) is 0 Å². The van der Waals surface area contributed by atoms with E-state index < -0.39 is 18.1 Å². The fourth-order valence-corrected chi connectivity index (χ4v) is 1.71. The van der Waals surface area contributed by atoms with Crippen LogP contribution in [-0.4, -0.2) is 22.4 Å². The summed E-state index contributed by atoms with van der Waals surface area (Å²) in [6, 6.07) is 0.915. The third-order valence-corrected chi connectivity index (χ3v) is 2.66.